The molecular formula is C40H44F3N9O5. The van der Waals surface area contributed by atoms with Crippen molar-refractivity contribution in [1.29, 1.82) is 0 Å². The molecule has 4 aromatic heterocycles. The fourth-order valence-electron chi connectivity index (χ4n) is 8.96. The number of alkyl halides is 3. The molecule has 57 heavy (non-hydrogen) atoms. The van der Waals surface area contributed by atoms with Crippen molar-refractivity contribution in [3.8, 4) is 5.75 Å². The van der Waals surface area contributed by atoms with Gasteiger partial charge in [0.05, 0.1) is 30.4 Å². The van der Waals surface area contributed by atoms with E-state index in [1.807, 2.05) is 23.0 Å². The number of nitrogens with one attached hydrogen (secondary N) is 1. The zero-order chi connectivity index (χ0) is 40.2. The number of hydrogen-bond acceptors (Lipinski definition) is 9. The summed E-state index contributed by atoms with van der Waals surface area (Å²) in [5, 5.41) is 8.05. The van der Waals surface area contributed by atoms with Gasteiger partial charge in [0.2, 0.25) is 5.91 Å². The molecule has 1 aliphatic carbocycles. The first-order valence-electron chi connectivity index (χ1n) is 19.3. The molecule has 1 N–H and O–H groups in total. The number of carbonyl (C=O) groups excluding carboxylic acids is 3. The van der Waals surface area contributed by atoms with Gasteiger partial charge in [-0.1, -0.05) is 6.07 Å². The Labute approximate surface area is 325 Å². The number of rotatable bonds is 8. The van der Waals surface area contributed by atoms with Crippen LogP contribution >= 0.6 is 0 Å². The van der Waals surface area contributed by atoms with Crippen molar-refractivity contribution in [3.05, 3.63) is 76.2 Å². The van der Waals surface area contributed by atoms with Crippen molar-refractivity contribution in [2.45, 2.75) is 75.5 Å². The van der Waals surface area contributed by atoms with Gasteiger partial charge in [0.25, 0.3) is 11.8 Å². The summed E-state index contributed by atoms with van der Waals surface area (Å²) < 4.78 is 50.3. The smallest absolute Gasteiger partial charge is 0.433 e. The second-order valence-corrected chi connectivity index (χ2v) is 15.5. The maximum absolute atomic E-state index is 13.7. The molecule has 8 rings (SSSR count). The minimum Gasteiger partial charge on any atom is -0.496 e. The number of aryl methyl sites for hydroxylation is 1. The normalized spacial score (nSPS) is 21.4. The first-order valence-corrected chi connectivity index (χ1v) is 19.3. The van der Waals surface area contributed by atoms with Crippen LogP contribution in [0.25, 0.3) is 21.9 Å². The standard InChI is InChI=1S/C40H44F3N9O5/c1-48-34(53)14-12-30(38(48)55)52-29-11-13-31(57-3)35(36(29)49(2)39(52)56)24-15-17-50(18-16-24)21-23-7-9-26(10-8-23)51-22-25-19-33(44-20-28(25)47-51)46-37(54)27-5-4-6-32(45-27)40(41,42)43/h4-6,11,13,19-20,22-24,26,30H,7-10,12,14-18,21H2,1-3H3,(H,46,54)/t23-,26-,30?. The van der Waals surface area contributed by atoms with E-state index in [2.05, 4.69) is 20.2 Å². The zero-order valence-electron chi connectivity index (χ0n) is 32.0. The number of aromatic nitrogens is 6. The highest BCUT2D eigenvalue weighted by Gasteiger charge is 2.37. The van der Waals surface area contributed by atoms with E-state index in [1.165, 1.54) is 13.1 Å². The van der Waals surface area contributed by atoms with E-state index in [1.54, 1.807) is 35.6 Å². The van der Waals surface area contributed by atoms with Crippen molar-refractivity contribution >= 4 is 45.5 Å². The van der Waals surface area contributed by atoms with Crippen molar-refractivity contribution in [2.75, 3.05) is 39.1 Å². The number of amides is 3. The predicted molar refractivity (Wildman–Crippen MR) is 204 cm³/mol. The number of likely N-dealkylation sites (N-methyl/N-ethyl adjacent to an activating group) is 1. The summed E-state index contributed by atoms with van der Waals surface area (Å²) >= 11 is 0. The second kappa shape index (κ2) is 15.1. The van der Waals surface area contributed by atoms with Gasteiger partial charge in [0, 0.05) is 44.2 Å². The molecule has 1 saturated carbocycles. The number of imidazole rings is 1. The highest BCUT2D eigenvalue weighted by molar-refractivity contribution is 6.03. The third kappa shape index (κ3) is 7.28. The van der Waals surface area contributed by atoms with E-state index < -0.39 is 23.8 Å². The molecule has 300 valence electrons. The van der Waals surface area contributed by atoms with Gasteiger partial charge >= 0.3 is 11.9 Å². The monoisotopic (exact) mass is 787 g/mol. The van der Waals surface area contributed by atoms with Crippen molar-refractivity contribution < 1.29 is 32.3 Å². The Balaban J connectivity index is 0.882. The minimum absolute atomic E-state index is 0.165. The van der Waals surface area contributed by atoms with Crippen LogP contribution in [0.5, 0.6) is 5.75 Å². The summed E-state index contributed by atoms with van der Waals surface area (Å²) in [5.41, 5.74) is 1.33. The number of benzene rings is 1. The van der Waals surface area contributed by atoms with Crippen molar-refractivity contribution in [1.82, 2.24) is 38.7 Å². The van der Waals surface area contributed by atoms with Gasteiger partial charge in [0.1, 0.15) is 34.5 Å². The van der Waals surface area contributed by atoms with Crippen LogP contribution in [0, 0.1) is 5.92 Å². The highest BCUT2D eigenvalue weighted by atomic mass is 19.4. The highest BCUT2D eigenvalue weighted by Crippen LogP contribution is 2.41. The molecule has 2 aliphatic heterocycles. The van der Waals surface area contributed by atoms with Gasteiger partial charge in [-0.25, -0.2) is 14.8 Å². The van der Waals surface area contributed by atoms with Crippen LogP contribution < -0.4 is 15.7 Å². The lowest BCUT2D eigenvalue weighted by Crippen LogP contribution is -2.45. The fraction of sp³-hybridized carbons (Fsp3) is 0.475. The summed E-state index contributed by atoms with van der Waals surface area (Å²) in [4.78, 5) is 63.0. The number of fused-ring (bicyclic) bond motifs is 2. The van der Waals surface area contributed by atoms with Gasteiger partial charge in [0.15, 0.2) is 0 Å². The molecule has 2 saturated heterocycles. The number of imide groups is 1. The number of ether oxygens (including phenoxy) is 1. The Morgan fingerprint density at radius 1 is 0.982 bits per heavy atom. The minimum atomic E-state index is -4.66. The number of piperidine rings is 2. The average molecular weight is 788 g/mol. The fourth-order valence-corrected chi connectivity index (χ4v) is 8.96. The molecule has 17 heteroatoms. The number of hydrogen-bond donors (Lipinski definition) is 1. The quantitative estimate of drug-likeness (QED) is 0.196. The van der Waals surface area contributed by atoms with Gasteiger partial charge in [-0.3, -0.25) is 33.1 Å². The Hall–Kier alpha value is -5.58. The molecule has 3 fully saturated rings. The molecule has 1 aromatic carbocycles. The number of methoxy groups -OCH3 is 1. The lowest BCUT2D eigenvalue weighted by molar-refractivity contribution is -0.149. The maximum Gasteiger partial charge on any atom is 0.433 e. The van der Waals surface area contributed by atoms with Crippen LogP contribution in [0.2, 0.25) is 0 Å². The molecule has 1 atom stereocenters. The molecule has 14 nitrogen and oxygen atoms in total. The van der Waals surface area contributed by atoms with E-state index in [4.69, 9.17) is 9.84 Å². The van der Waals surface area contributed by atoms with Crippen LogP contribution in [0.15, 0.2) is 53.6 Å². The number of likely N-dealkylation sites (tertiary alicyclic amines) is 2. The van der Waals surface area contributed by atoms with Crippen LogP contribution in [-0.2, 0) is 22.8 Å². The Bertz CT molecular complexity index is 2420. The number of pyridine rings is 2. The number of anilines is 1. The van der Waals surface area contributed by atoms with E-state index in [-0.39, 0.29) is 53.8 Å². The summed E-state index contributed by atoms with van der Waals surface area (Å²) in [6, 6.07) is 8.04. The molecular weight excluding hydrogens is 743 g/mol. The first-order chi connectivity index (χ1) is 27.3. The lowest BCUT2D eigenvalue weighted by Gasteiger charge is -2.37. The summed E-state index contributed by atoms with van der Waals surface area (Å²) in [5.74, 6) is 0.234. The Morgan fingerprint density at radius 3 is 2.46 bits per heavy atom. The van der Waals surface area contributed by atoms with Crippen molar-refractivity contribution in [2.24, 2.45) is 13.0 Å². The number of nitrogens with zero attached hydrogens (tertiary/aromatic N) is 8. The van der Waals surface area contributed by atoms with Gasteiger partial charge in [-0.05, 0) is 100 Å². The van der Waals surface area contributed by atoms with Crippen LogP contribution in [0.1, 0.15) is 91.1 Å². The van der Waals surface area contributed by atoms with E-state index in [0.717, 1.165) is 97.4 Å². The molecule has 6 heterocycles. The zero-order valence-corrected chi connectivity index (χ0v) is 32.0. The van der Waals surface area contributed by atoms with Crippen LogP contribution in [0.3, 0.4) is 0 Å². The number of carbonyl (C=O) groups is 3. The molecule has 1 unspecified atom stereocenters. The lowest BCUT2D eigenvalue weighted by atomic mass is 9.84. The topological polar surface area (TPSA) is 149 Å². The second-order valence-electron chi connectivity index (χ2n) is 15.5. The predicted octanol–water partition coefficient (Wildman–Crippen LogP) is 5.69. The molecule has 3 aliphatic rings. The third-order valence-electron chi connectivity index (χ3n) is 12.0. The molecule has 3 amide bonds. The van der Waals surface area contributed by atoms with E-state index in [0.29, 0.717) is 17.0 Å². The average Bonchev–Trinajstić information content (AvgIpc) is 3.74. The molecule has 0 spiro atoms. The first kappa shape index (κ1) is 38.3. The third-order valence-corrected chi connectivity index (χ3v) is 12.0. The molecule has 5 aromatic rings. The van der Waals surface area contributed by atoms with Gasteiger partial charge < -0.3 is 15.0 Å². The van der Waals surface area contributed by atoms with E-state index in [9.17, 15) is 32.3 Å². The Morgan fingerprint density at radius 2 is 1.74 bits per heavy atom. The molecule has 0 radical (unpaired) electrons. The summed E-state index contributed by atoms with van der Waals surface area (Å²) in [6.45, 7) is 2.82. The number of halogens is 3. The van der Waals surface area contributed by atoms with Crippen molar-refractivity contribution in [3.63, 3.8) is 0 Å². The summed E-state index contributed by atoms with van der Waals surface area (Å²) in [6.07, 6.45) is 5.13. The molecule has 0 bridgehead atoms. The van der Waals surface area contributed by atoms with Gasteiger partial charge in [-0.2, -0.15) is 18.3 Å². The largest absolute Gasteiger partial charge is 0.496 e. The van der Waals surface area contributed by atoms with Crippen LogP contribution in [0.4, 0.5) is 19.0 Å². The van der Waals surface area contributed by atoms with E-state index >= 15 is 0 Å². The van der Waals surface area contributed by atoms with Gasteiger partial charge in [-0.15, -0.1) is 0 Å². The van der Waals surface area contributed by atoms with Crippen LogP contribution in [-0.4, -0.2) is 90.2 Å². The summed E-state index contributed by atoms with van der Waals surface area (Å²) in [7, 11) is 4.85. The Kier molecular flexibility index (Phi) is 10.1. The SMILES string of the molecule is COc1ccc2c(c1C1CCN(C[C@H]3CC[C@H](n4cc5cc(NC(=O)c6cccc(C(F)(F)F)n6)ncc5n4)CC3)CC1)n(C)c(=O)n2C1CCC(=O)N(C)C1=O. The maximum atomic E-state index is 13.7.